The Hall–Kier alpha value is -1.28. The first-order chi connectivity index (χ1) is 7.05. The second-order valence-electron chi connectivity index (χ2n) is 3.31. The smallest absolute Gasteiger partial charge is 0.297 e. The van der Waals surface area contributed by atoms with Crippen molar-refractivity contribution >= 4 is 0 Å². The maximum atomic E-state index is 12.3. The minimum absolute atomic E-state index is 0.0278. The second kappa shape index (κ2) is 3.63. The van der Waals surface area contributed by atoms with Crippen LogP contribution in [-0.2, 0) is 12.4 Å². The van der Waals surface area contributed by atoms with Crippen molar-refractivity contribution in [1.29, 1.82) is 0 Å². The molecule has 0 radical (unpaired) electrons. The minimum Gasteiger partial charge on any atom is -0.297 e. The molecule has 1 heterocycles. The summed E-state index contributed by atoms with van der Waals surface area (Å²) in [5.41, 5.74) is 0. The van der Waals surface area contributed by atoms with Gasteiger partial charge in [0.1, 0.15) is 0 Å². The Kier molecular flexibility index (Phi) is 2.90. The van der Waals surface area contributed by atoms with Gasteiger partial charge in [0.15, 0.2) is 0 Å². The Morgan fingerprint density at radius 3 is 1.38 bits per heavy atom. The summed E-state index contributed by atoms with van der Waals surface area (Å²) < 4.78 is 73.9. The number of hydrogen-bond donors (Lipinski definition) is 0. The van der Waals surface area contributed by atoms with Crippen LogP contribution in [0.25, 0.3) is 0 Å². The lowest BCUT2D eigenvalue weighted by molar-refractivity contribution is -0.156. The summed E-state index contributed by atoms with van der Waals surface area (Å²) in [5, 5.41) is 5.09. The molecule has 0 aliphatic carbocycles. The quantitative estimate of drug-likeness (QED) is 0.714. The van der Waals surface area contributed by atoms with Crippen molar-refractivity contribution in [2.45, 2.75) is 32.2 Å². The molecule has 0 fully saturated rings. The minimum atomic E-state index is -4.96. The molecule has 0 unspecified atom stereocenters. The molecule has 92 valence electrons. The van der Waals surface area contributed by atoms with Gasteiger partial charge in [-0.15, -0.1) is 10.2 Å². The van der Waals surface area contributed by atoms with Crippen molar-refractivity contribution in [3.05, 3.63) is 11.6 Å². The lowest BCUT2D eigenvalue weighted by Gasteiger charge is -2.16. The van der Waals surface area contributed by atoms with E-state index in [1.165, 1.54) is 13.8 Å². The van der Waals surface area contributed by atoms with Gasteiger partial charge in [-0.05, 0) is 13.8 Å². The van der Waals surface area contributed by atoms with Crippen LogP contribution >= 0.6 is 0 Å². The maximum absolute atomic E-state index is 12.3. The van der Waals surface area contributed by atoms with Crippen LogP contribution in [0.1, 0.15) is 31.5 Å². The van der Waals surface area contributed by atoms with Gasteiger partial charge in [-0.1, -0.05) is 0 Å². The molecular weight excluding hydrogens is 240 g/mol. The first-order valence-electron chi connectivity index (χ1n) is 4.14. The molecule has 0 aliphatic heterocycles. The molecule has 0 atom stereocenters. The Balaban J connectivity index is 3.41. The SMILES string of the molecule is CC(C)n1c(C(F)(F)F)nnc1C(F)(F)F. The summed E-state index contributed by atoms with van der Waals surface area (Å²) >= 11 is 0. The van der Waals surface area contributed by atoms with E-state index in [0.717, 1.165) is 0 Å². The van der Waals surface area contributed by atoms with Gasteiger partial charge in [-0.2, -0.15) is 26.3 Å². The number of rotatable bonds is 1. The second-order valence-corrected chi connectivity index (χ2v) is 3.31. The molecule has 0 N–H and O–H groups in total. The van der Waals surface area contributed by atoms with E-state index in [2.05, 4.69) is 10.2 Å². The van der Waals surface area contributed by atoms with Crippen LogP contribution in [0.15, 0.2) is 0 Å². The molecule has 0 spiro atoms. The van der Waals surface area contributed by atoms with Crippen LogP contribution in [0, 0.1) is 0 Å². The Morgan fingerprint density at radius 2 is 1.19 bits per heavy atom. The molecular formula is C7H7F6N3. The van der Waals surface area contributed by atoms with E-state index in [9.17, 15) is 26.3 Å². The summed E-state index contributed by atoms with van der Waals surface area (Å²) in [6, 6.07) is -1.04. The predicted octanol–water partition coefficient (Wildman–Crippen LogP) is 2.90. The van der Waals surface area contributed by atoms with Crippen LogP contribution in [0.2, 0.25) is 0 Å². The van der Waals surface area contributed by atoms with Gasteiger partial charge in [-0.3, -0.25) is 4.57 Å². The number of alkyl halides is 6. The predicted molar refractivity (Wildman–Crippen MR) is 40.4 cm³/mol. The third-order valence-corrected chi connectivity index (χ3v) is 1.72. The van der Waals surface area contributed by atoms with E-state index in [0.29, 0.717) is 0 Å². The standard InChI is InChI=1S/C7H7F6N3/c1-3(2)16-4(6(8,9)10)14-15-5(16)7(11,12)13/h3H,1-2H3. The van der Waals surface area contributed by atoms with Crippen LogP contribution in [0.5, 0.6) is 0 Å². The molecule has 0 saturated carbocycles. The summed E-state index contributed by atoms with van der Waals surface area (Å²) in [5.74, 6) is -3.29. The van der Waals surface area contributed by atoms with E-state index >= 15 is 0 Å². The van der Waals surface area contributed by atoms with Gasteiger partial charge in [0.05, 0.1) is 0 Å². The zero-order valence-corrected chi connectivity index (χ0v) is 8.19. The molecule has 0 aromatic carbocycles. The van der Waals surface area contributed by atoms with Crippen molar-refractivity contribution in [1.82, 2.24) is 14.8 Å². The highest BCUT2D eigenvalue weighted by Crippen LogP contribution is 2.35. The lowest BCUT2D eigenvalue weighted by Crippen LogP contribution is -2.22. The van der Waals surface area contributed by atoms with Crippen molar-refractivity contribution < 1.29 is 26.3 Å². The topological polar surface area (TPSA) is 30.7 Å². The average Bonchev–Trinajstić information content (AvgIpc) is 2.43. The Bertz CT molecular complexity index is 343. The molecule has 16 heavy (non-hydrogen) atoms. The fourth-order valence-corrected chi connectivity index (χ4v) is 1.17. The highest BCUT2D eigenvalue weighted by molar-refractivity contribution is 5.04. The molecule has 0 aliphatic rings. The lowest BCUT2D eigenvalue weighted by atomic mass is 10.3. The zero-order chi connectivity index (χ0) is 12.7. The number of aromatic nitrogens is 3. The molecule has 0 saturated heterocycles. The van der Waals surface area contributed by atoms with Crippen LogP contribution < -0.4 is 0 Å². The molecule has 3 nitrogen and oxygen atoms in total. The van der Waals surface area contributed by atoms with Gasteiger partial charge < -0.3 is 0 Å². The normalized spacial score (nSPS) is 13.6. The van der Waals surface area contributed by atoms with E-state index in [4.69, 9.17) is 0 Å². The van der Waals surface area contributed by atoms with Gasteiger partial charge >= 0.3 is 12.4 Å². The number of nitrogens with zero attached hydrogens (tertiary/aromatic N) is 3. The highest BCUT2D eigenvalue weighted by atomic mass is 19.4. The number of hydrogen-bond acceptors (Lipinski definition) is 2. The summed E-state index contributed by atoms with van der Waals surface area (Å²) in [4.78, 5) is 0. The van der Waals surface area contributed by atoms with Gasteiger partial charge in [0.2, 0.25) is 11.6 Å². The van der Waals surface area contributed by atoms with Gasteiger partial charge in [0.25, 0.3) is 0 Å². The van der Waals surface area contributed by atoms with Gasteiger partial charge in [0, 0.05) is 6.04 Å². The average molecular weight is 247 g/mol. The molecule has 0 bridgehead atoms. The fraction of sp³-hybridized carbons (Fsp3) is 0.714. The van der Waals surface area contributed by atoms with Crippen molar-refractivity contribution in [2.24, 2.45) is 0 Å². The maximum Gasteiger partial charge on any atom is 0.451 e. The largest absolute Gasteiger partial charge is 0.451 e. The highest BCUT2D eigenvalue weighted by Gasteiger charge is 2.45. The molecule has 1 aromatic heterocycles. The van der Waals surface area contributed by atoms with Crippen molar-refractivity contribution in [2.75, 3.05) is 0 Å². The van der Waals surface area contributed by atoms with E-state index in [1.54, 1.807) is 0 Å². The van der Waals surface area contributed by atoms with E-state index in [-0.39, 0.29) is 4.57 Å². The Morgan fingerprint density at radius 1 is 0.875 bits per heavy atom. The first-order valence-corrected chi connectivity index (χ1v) is 4.14. The molecule has 1 rings (SSSR count). The summed E-state index contributed by atoms with van der Waals surface area (Å²) in [6.07, 6.45) is -9.92. The van der Waals surface area contributed by atoms with Crippen molar-refractivity contribution in [3.63, 3.8) is 0 Å². The van der Waals surface area contributed by atoms with Crippen molar-refractivity contribution in [3.8, 4) is 0 Å². The molecule has 1 aromatic rings. The van der Waals surface area contributed by atoms with Gasteiger partial charge in [-0.25, -0.2) is 0 Å². The van der Waals surface area contributed by atoms with E-state index < -0.39 is 30.0 Å². The first kappa shape index (κ1) is 12.8. The van der Waals surface area contributed by atoms with Crippen LogP contribution in [0.4, 0.5) is 26.3 Å². The Labute approximate surface area is 86.1 Å². The van der Waals surface area contributed by atoms with E-state index in [1.807, 2.05) is 0 Å². The third kappa shape index (κ3) is 2.27. The van der Waals surface area contributed by atoms with Crippen LogP contribution in [-0.4, -0.2) is 14.8 Å². The summed E-state index contributed by atoms with van der Waals surface area (Å²) in [7, 11) is 0. The number of halogens is 6. The zero-order valence-electron chi connectivity index (χ0n) is 8.19. The third-order valence-electron chi connectivity index (χ3n) is 1.72. The molecule has 9 heteroatoms. The molecule has 0 amide bonds. The monoisotopic (exact) mass is 247 g/mol. The fourth-order valence-electron chi connectivity index (χ4n) is 1.17. The summed E-state index contributed by atoms with van der Waals surface area (Å²) in [6.45, 7) is 2.38. The van der Waals surface area contributed by atoms with Crippen LogP contribution in [0.3, 0.4) is 0 Å².